The fourth-order valence-electron chi connectivity index (χ4n) is 3.86. The molecule has 0 aromatic heterocycles. The minimum Gasteiger partial charge on any atom is -0.342 e. The van der Waals surface area contributed by atoms with Crippen LogP contribution in [0.15, 0.2) is 24.3 Å². The van der Waals surface area contributed by atoms with Gasteiger partial charge in [0.2, 0.25) is 11.8 Å². The molecular formula is C21H28F3N3O2. The summed E-state index contributed by atoms with van der Waals surface area (Å²) in [7, 11) is 0. The van der Waals surface area contributed by atoms with Gasteiger partial charge in [0.05, 0.1) is 18.5 Å². The third-order valence-corrected chi connectivity index (χ3v) is 5.68. The van der Waals surface area contributed by atoms with Gasteiger partial charge in [-0.3, -0.25) is 14.5 Å². The molecule has 0 radical (unpaired) electrons. The molecule has 1 aromatic rings. The van der Waals surface area contributed by atoms with Crippen molar-refractivity contribution in [3.63, 3.8) is 0 Å². The minimum atomic E-state index is -4.37. The first-order valence-electron chi connectivity index (χ1n) is 10.3. The van der Waals surface area contributed by atoms with Gasteiger partial charge in [-0.25, -0.2) is 0 Å². The number of carbonyl (C=O) groups excluding carboxylic acids is 2. The van der Waals surface area contributed by atoms with Crippen molar-refractivity contribution in [2.45, 2.75) is 38.3 Å². The minimum absolute atomic E-state index is 0.0881. The predicted molar refractivity (Wildman–Crippen MR) is 103 cm³/mol. The van der Waals surface area contributed by atoms with Gasteiger partial charge in [0, 0.05) is 39.3 Å². The van der Waals surface area contributed by atoms with Crippen LogP contribution in [0.4, 0.5) is 13.2 Å². The molecule has 2 aliphatic rings. The van der Waals surface area contributed by atoms with Crippen LogP contribution >= 0.6 is 0 Å². The Morgan fingerprint density at radius 2 is 1.31 bits per heavy atom. The summed E-state index contributed by atoms with van der Waals surface area (Å²) in [6.07, 6.45) is 0.220. The highest BCUT2D eigenvalue weighted by Crippen LogP contribution is 2.29. The Balaban J connectivity index is 1.44. The number of hydrogen-bond donors (Lipinski definition) is 0. The fourth-order valence-corrected chi connectivity index (χ4v) is 3.86. The molecule has 5 nitrogen and oxygen atoms in total. The van der Waals surface area contributed by atoms with Gasteiger partial charge >= 0.3 is 6.18 Å². The molecular weight excluding hydrogens is 383 g/mol. The first-order valence-corrected chi connectivity index (χ1v) is 10.3. The number of nitrogens with zero attached hydrogens (tertiary/aromatic N) is 3. The van der Waals surface area contributed by atoms with E-state index >= 15 is 0 Å². The van der Waals surface area contributed by atoms with Gasteiger partial charge in [0.1, 0.15) is 0 Å². The van der Waals surface area contributed by atoms with E-state index in [4.69, 9.17) is 0 Å². The predicted octanol–water partition coefficient (Wildman–Crippen LogP) is 2.79. The van der Waals surface area contributed by atoms with Crippen molar-refractivity contribution in [3.8, 4) is 0 Å². The van der Waals surface area contributed by atoms with Crippen molar-refractivity contribution < 1.29 is 22.8 Å². The summed E-state index contributed by atoms with van der Waals surface area (Å²) in [5.41, 5.74) is -0.141. The molecule has 0 saturated carbocycles. The van der Waals surface area contributed by atoms with E-state index in [1.54, 1.807) is 4.90 Å². The Kier molecular flexibility index (Phi) is 7.16. The highest BCUT2D eigenvalue weighted by atomic mass is 19.4. The number of halogens is 3. The SMILES string of the molecule is O=C(Cc1ccc(C(F)(F)F)cc1)N1CCN(CC(=O)N2CCCCCC2)CC1. The lowest BCUT2D eigenvalue weighted by atomic mass is 10.1. The molecule has 2 saturated heterocycles. The molecule has 8 heteroatoms. The molecule has 0 N–H and O–H groups in total. The monoisotopic (exact) mass is 411 g/mol. The maximum absolute atomic E-state index is 12.6. The smallest absolute Gasteiger partial charge is 0.342 e. The molecule has 29 heavy (non-hydrogen) atoms. The first kappa shape index (κ1) is 21.6. The highest BCUT2D eigenvalue weighted by Gasteiger charge is 2.30. The standard InChI is InChI=1S/C21H28F3N3O2/c22-21(23,24)18-7-5-17(6-8-18)15-19(28)27-13-11-25(12-14-27)16-20(29)26-9-3-1-2-4-10-26/h5-8H,1-4,9-16H2. The molecule has 0 spiro atoms. The van der Waals surface area contributed by atoms with E-state index in [0.717, 1.165) is 38.1 Å². The van der Waals surface area contributed by atoms with Crippen LogP contribution in [0.3, 0.4) is 0 Å². The Bertz CT molecular complexity index is 690. The summed E-state index contributed by atoms with van der Waals surface area (Å²) in [6, 6.07) is 4.73. The summed E-state index contributed by atoms with van der Waals surface area (Å²) in [4.78, 5) is 30.7. The third kappa shape index (κ3) is 6.19. The van der Waals surface area contributed by atoms with Crippen molar-refractivity contribution in [3.05, 3.63) is 35.4 Å². The largest absolute Gasteiger partial charge is 0.416 e. The number of carbonyl (C=O) groups is 2. The molecule has 3 rings (SSSR count). The molecule has 2 aliphatic heterocycles. The number of benzene rings is 1. The zero-order valence-corrected chi connectivity index (χ0v) is 16.6. The van der Waals surface area contributed by atoms with E-state index in [2.05, 4.69) is 4.90 Å². The topological polar surface area (TPSA) is 43.9 Å². The highest BCUT2D eigenvalue weighted by molar-refractivity contribution is 5.79. The maximum atomic E-state index is 12.6. The lowest BCUT2D eigenvalue weighted by molar-refractivity contribution is -0.137. The second-order valence-corrected chi connectivity index (χ2v) is 7.82. The Morgan fingerprint density at radius 1 is 0.759 bits per heavy atom. The summed E-state index contributed by atoms with van der Waals surface area (Å²) in [5, 5.41) is 0. The van der Waals surface area contributed by atoms with Crippen LogP contribution in [-0.4, -0.2) is 72.3 Å². The van der Waals surface area contributed by atoms with Crippen LogP contribution < -0.4 is 0 Å². The van der Waals surface area contributed by atoms with Crippen molar-refractivity contribution in [2.24, 2.45) is 0 Å². The molecule has 0 atom stereocenters. The number of rotatable bonds is 4. The number of piperazine rings is 1. The second kappa shape index (κ2) is 9.61. The van der Waals surface area contributed by atoms with Crippen LogP contribution in [0.1, 0.15) is 36.8 Å². The zero-order chi connectivity index (χ0) is 20.9. The van der Waals surface area contributed by atoms with Crippen LogP contribution in [0.2, 0.25) is 0 Å². The average Bonchev–Trinajstić information content (AvgIpc) is 2.98. The Labute approximate surface area is 169 Å². The molecule has 2 amide bonds. The van der Waals surface area contributed by atoms with Crippen LogP contribution in [0.5, 0.6) is 0 Å². The number of likely N-dealkylation sites (tertiary alicyclic amines) is 1. The van der Waals surface area contributed by atoms with Crippen LogP contribution in [0, 0.1) is 0 Å². The lowest BCUT2D eigenvalue weighted by Crippen LogP contribution is -2.52. The molecule has 0 aliphatic carbocycles. The van der Waals surface area contributed by atoms with E-state index in [1.807, 2.05) is 4.90 Å². The molecule has 1 aromatic carbocycles. The maximum Gasteiger partial charge on any atom is 0.416 e. The second-order valence-electron chi connectivity index (χ2n) is 7.82. The van der Waals surface area contributed by atoms with E-state index in [1.165, 1.54) is 25.0 Å². The molecule has 2 fully saturated rings. The number of alkyl halides is 3. The first-order chi connectivity index (χ1) is 13.8. The quantitative estimate of drug-likeness (QED) is 0.765. The van der Waals surface area contributed by atoms with E-state index in [9.17, 15) is 22.8 Å². The van der Waals surface area contributed by atoms with Gasteiger partial charge in [-0.15, -0.1) is 0 Å². The van der Waals surface area contributed by atoms with E-state index in [-0.39, 0.29) is 18.2 Å². The zero-order valence-electron chi connectivity index (χ0n) is 16.6. The van der Waals surface area contributed by atoms with Crippen molar-refractivity contribution in [1.29, 1.82) is 0 Å². The van der Waals surface area contributed by atoms with Crippen molar-refractivity contribution in [1.82, 2.24) is 14.7 Å². The Morgan fingerprint density at radius 3 is 1.86 bits per heavy atom. The Hall–Kier alpha value is -2.09. The summed E-state index contributed by atoms with van der Waals surface area (Å²) < 4.78 is 37.9. The molecule has 160 valence electrons. The average molecular weight is 411 g/mol. The number of hydrogen-bond acceptors (Lipinski definition) is 3. The van der Waals surface area contributed by atoms with Gasteiger partial charge < -0.3 is 9.80 Å². The normalized spacial score (nSPS) is 19.1. The van der Waals surface area contributed by atoms with Gasteiger partial charge in [-0.1, -0.05) is 25.0 Å². The van der Waals surface area contributed by atoms with Gasteiger partial charge in [-0.2, -0.15) is 13.2 Å². The van der Waals surface area contributed by atoms with Crippen LogP contribution in [0.25, 0.3) is 0 Å². The van der Waals surface area contributed by atoms with Crippen LogP contribution in [-0.2, 0) is 22.2 Å². The van der Waals surface area contributed by atoms with Gasteiger partial charge in [-0.05, 0) is 30.5 Å². The molecule has 0 bridgehead atoms. The van der Waals surface area contributed by atoms with Crippen molar-refractivity contribution >= 4 is 11.8 Å². The van der Waals surface area contributed by atoms with Crippen molar-refractivity contribution in [2.75, 3.05) is 45.8 Å². The third-order valence-electron chi connectivity index (χ3n) is 5.68. The fraction of sp³-hybridized carbons (Fsp3) is 0.619. The molecule has 0 unspecified atom stereocenters. The summed E-state index contributed by atoms with van der Waals surface area (Å²) in [5.74, 6) is 0.0692. The van der Waals surface area contributed by atoms with E-state index < -0.39 is 11.7 Å². The van der Waals surface area contributed by atoms with E-state index in [0.29, 0.717) is 38.3 Å². The summed E-state index contributed by atoms with van der Waals surface area (Å²) >= 11 is 0. The van der Waals surface area contributed by atoms with Gasteiger partial charge in [0.15, 0.2) is 0 Å². The molecule has 2 heterocycles. The lowest BCUT2D eigenvalue weighted by Gasteiger charge is -2.35. The number of amides is 2. The van der Waals surface area contributed by atoms with Gasteiger partial charge in [0.25, 0.3) is 0 Å². The summed E-state index contributed by atoms with van der Waals surface area (Å²) in [6.45, 7) is 4.41.